The number of benzene rings is 1. The second-order valence-electron chi connectivity index (χ2n) is 20.9. The number of carbonyl (C=O) groups is 1. The molecular formula is C56H74FIO2S6. The number of carbonyl (C=O) groups excluding carboxylic acids is 1. The molecule has 0 N–H and O–H groups in total. The molecule has 6 aromatic heterocycles. The number of ether oxygens (including phenoxy) is 1. The normalized spacial score (nSPS) is 15.5. The number of fused-ring (bicyclic) bond motifs is 9. The highest BCUT2D eigenvalue weighted by molar-refractivity contribution is 14.1. The van der Waals surface area contributed by atoms with E-state index in [0.29, 0.717) is 29.7 Å². The van der Waals surface area contributed by atoms with Crippen molar-refractivity contribution in [1.82, 2.24) is 0 Å². The summed E-state index contributed by atoms with van der Waals surface area (Å²) in [6.07, 6.45) is 22.6. The summed E-state index contributed by atoms with van der Waals surface area (Å²) in [5, 5.41) is 3.70. The molecule has 7 aromatic rings. The average molecular weight is 1120 g/mol. The Morgan fingerprint density at radius 2 is 1.27 bits per heavy atom. The van der Waals surface area contributed by atoms with Gasteiger partial charge in [0.1, 0.15) is 4.88 Å². The van der Waals surface area contributed by atoms with Crippen LogP contribution in [0.5, 0.6) is 0 Å². The zero-order chi connectivity index (χ0) is 47.1. The summed E-state index contributed by atoms with van der Waals surface area (Å²) in [5.41, 5.74) is 5.07. The van der Waals surface area contributed by atoms with Crippen LogP contribution in [-0.4, -0.2) is 12.6 Å². The lowest BCUT2D eigenvalue weighted by molar-refractivity contribution is 0.0423. The molecule has 0 saturated heterocycles. The van der Waals surface area contributed by atoms with E-state index in [1.807, 2.05) is 22.7 Å². The first-order valence-corrected chi connectivity index (χ1v) is 31.7. The fraction of sp³-hybridized carbons (Fsp3) is 0.625. The fourth-order valence-electron chi connectivity index (χ4n) is 10.7. The van der Waals surface area contributed by atoms with Crippen LogP contribution < -0.4 is 0 Å². The SMILES string of the molecule is CCCCCCC(CCCC)COC(=O)c1sc2c(C(C)(C)I)sc(-c3cc4sc5c(CC(CC)CCCC)c6c(sc7c8c(sc76)C(C)(C)C8)c(CC(CC)CCCC)c5c4s3)c2c1F. The predicted molar refractivity (Wildman–Crippen MR) is 306 cm³/mol. The highest BCUT2D eigenvalue weighted by Gasteiger charge is 2.40. The number of hydrogen-bond acceptors (Lipinski definition) is 8. The van der Waals surface area contributed by atoms with Crippen LogP contribution >= 0.6 is 90.6 Å². The Morgan fingerprint density at radius 3 is 1.86 bits per heavy atom. The minimum atomic E-state index is -0.497. The second-order valence-corrected chi connectivity index (χ2v) is 29.8. The quantitative estimate of drug-likeness (QED) is 0.0247. The molecule has 8 rings (SSSR count). The van der Waals surface area contributed by atoms with Gasteiger partial charge in [-0.3, -0.25) is 0 Å². The highest BCUT2D eigenvalue weighted by atomic mass is 127. The van der Waals surface area contributed by atoms with E-state index in [1.165, 1.54) is 108 Å². The lowest BCUT2D eigenvalue weighted by atomic mass is 9.73. The van der Waals surface area contributed by atoms with Crippen LogP contribution in [0.2, 0.25) is 0 Å². The van der Waals surface area contributed by atoms with Crippen LogP contribution in [0.3, 0.4) is 0 Å². The lowest BCUT2D eigenvalue weighted by Gasteiger charge is -2.34. The van der Waals surface area contributed by atoms with E-state index in [-0.39, 0.29) is 13.7 Å². The van der Waals surface area contributed by atoms with E-state index in [1.54, 1.807) is 52.4 Å². The molecule has 360 valence electrons. The molecular weight excluding hydrogens is 1040 g/mol. The zero-order valence-electron chi connectivity index (χ0n) is 41.5. The summed E-state index contributed by atoms with van der Waals surface area (Å²) in [7, 11) is 0. The molecule has 0 bridgehead atoms. The molecule has 0 fully saturated rings. The van der Waals surface area contributed by atoms with E-state index in [9.17, 15) is 4.79 Å². The molecule has 1 aliphatic rings. The standard InChI is InChI=1S/C56H74FIO2S6/c1-11-17-21-22-26-34(25-20-14-4)31-60-54(59)51-43(57)42-48(65-53(50(42)64-51)56(9,10)58)39-29-38-47(62-39)40-35(27-32(15-5)23-18-12-2)45-41(36(44(40)61-38)28-33(16-6)24-19-13-3)49-46(63-45)37-30-55(7,8)52(37)66-49/h29,32-34H,11-28,30-31H2,1-10H3. The van der Waals surface area contributed by atoms with Crippen LogP contribution in [0.25, 0.3) is 58.8 Å². The molecule has 66 heavy (non-hydrogen) atoms. The van der Waals surface area contributed by atoms with Crippen molar-refractivity contribution in [1.29, 1.82) is 0 Å². The van der Waals surface area contributed by atoms with Gasteiger partial charge in [-0.2, -0.15) is 0 Å². The Morgan fingerprint density at radius 1 is 0.682 bits per heavy atom. The maximum atomic E-state index is 17.2. The number of rotatable bonds is 25. The number of alkyl halides is 1. The third kappa shape index (κ3) is 10.0. The molecule has 10 heteroatoms. The summed E-state index contributed by atoms with van der Waals surface area (Å²) in [4.78, 5) is 18.9. The number of hydrogen-bond donors (Lipinski definition) is 0. The van der Waals surface area contributed by atoms with Gasteiger partial charge in [-0.15, -0.1) is 68.0 Å². The van der Waals surface area contributed by atoms with Crippen LogP contribution in [0.15, 0.2) is 6.07 Å². The minimum Gasteiger partial charge on any atom is -0.461 e. The monoisotopic (exact) mass is 1120 g/mol. The van der Waals surface area contributed by atoms with Gasteiger partial charge in [-0.05, 0) is 86.5 Å². The van der Waals surface area contributed by atoms with E-state index >= 15 is 4.39 Å². The van der Waals surface area contributed by atoms with E-state index in [4.69, 9.17) is 4.74 Å². The fourth-order valence-corrected chi connectivity index (χ4v) is 20.2. The highest BCUT2D eigenvalue weighted by Crippen LogP contribution is 2.59. The van der Waals surface area contributed by atoms with Crippen molar-refractivity contribution in [3.05, 3.63) is 43.2 Å². The van der Waals surface area contributed by atoms with Gasteiger partial charge in [0, 0.05) is 55.0 Å². The molecule has 0 aliphatic heterocycles. The molecule has 6 heterocycles. The van der Waals surface area contributed by atoms with E-state index in [2.05, 4.69) is 121 Å². The maximum absolute atomic E-state index is 17.2. The molecule has 0 saturated carbocycles. The van der Waals surface area contributed by atoms with Gasteiger partial charge < -0.3 is 4.74 Å². The summed E-state index contributed by atoms with van der Waals surface area (Å²) < 4.78 is 32.8. The Balaban J connectivity index is 1.28. The van der Waals surface area contributed by atoms with E-state index in [0.717, 1.165) is 64.3 Å². The van der Waals surface area contributed by atoms with Gasteiger partial charge in [0.05, 0.1) is 29.0 Å². The van der Waals surface area contributed by atoms with Crippen molar-refractivity contribution in [3.8, 4) is 9.75 Å². The Bertz CT molecular complexity index is 2800. The van der Waals surface area contributed by atoms with Crippen molar-refractivity contribution in [2.75, 3.05) is 6.61 Å². The van der Waals surface area contributed by atoms with Gasteiger partial charge in [0.2, 0.25) is 0 Å². The Hall–Kier alpha value is -1.15. The number of thiophene rings is 6. The molecule has 3 unspecified atom stereocenters. The van der Waals surface area contributed by atoms with Gasteiger partial charge >= 0.3 is 5.97 Å². The third-order valence-electron chi connectivity index (χ3n) is 14.8. The van der Waals surface area contributed by atoms with Gasteiger partial charge in [-0.1, -0.05) is 168 Å². The molecule has 0 radical (unpaired) electrons. The predicted octanol–water partition coefficient (Wildman–Crippen LogP) is 21.6. The van der Waals surface area contributed by atoms with Gasteiger partial charge in [0.25, 0.3) is 0 Å². The van der Waals surface area contributed by atoms with Crippen molar-refractivity contribution >= 4 is 146 Å². The molecule has 1 aliphatic carbocycles. The summed E-state index contributed by atoms with van der Waals surface area (Å²) in [5.74, 6) is 0.731. The third-order valence-corrected chi connectivity index (χ3v) is 24.2. The molecule has 1 aromatic carbocycles. The van der Waals surface area contributed by atoms with Gasteiger partial charge in [0.15, 0.2) is 5.82 Å². The maximum Gasteiger partial charge on any atom is 0.351 e. The van der Waals surface area contributed by atoms with Crippen LogP contribution in [-0.2, 0) is 32.8 Å². The molecule has 0 amide bonds. The first-order chi connectivity index (χ1) is 31.7. The molecule has 0 spiro atoms. The van der Waals surface area contributed by atoms with Crippen LogP contribution in [0.4, 0.5) is 4.39 Å². The lowest BCUT2D eigenvalue weighted by Crippen LogP contribution is -2.29. The largest absolute Gasteiger partial charge is 0.461 e. The number of esters is 1. The van der Waals surface area contributed by atoms with E-state index < -0.39 is 11.8 Å². The topological polar surface area (TPSA) is 26.3 Å². The van der Waals surface area contributed by atoms with Crippen LogP contribution in [0, 0.1) is 23.6 Å². The first kappa shape index (κ1) is 51.2. The molecule has 3 atom stereocenters. The zero-order valence-corrected chi connectivity index (χ0v) is 48.5. The van der Waals surface area contributed by atoms with Crippen molar-refractivity contribution < 1.29 is 13.9 Å². The van der Waals surface area contributed by atoms with Crippen molar-refractivity contribution in [2.45, 2.75) is 200 Å². The number of unbranched alkanes of at least 4 members (excludes halogenated alkanes) is 6. The second kappa shape index (κ2) is 21.7. The van der Waals surface area contributed by atoms with Crippen LogP contribution in [0.1, 0.15) is 208 Å². The van der Waals surface area contributed by atoms with Gasteiger partial charge in [-0.25, -0.2) is 9.18 Å². The summed E-state index contributed by atoms with van der Waals surface area (Å²) in [6.45, 7) is 23.6. The number of halogens is 2. The summed E-state index contributed by atoms with van der Waals surface area (Å²) >= 11 is 13.7. The minimum absolute atomic E-state index is 0.136. The summed E-state index contributed by atoms with van der Waals surface area (Å²) in [6, 6.07) is 2.39. The average Bonchev–Trinajstić information content (AvgIpc) is 4.13. The van der Waals surface area contributed by atoms with Crippen molar-refractivity contribution in [3.63, 3.8) is 0 Å². The smallest absolute Gasteiger partial charge is 0.351 e. The van der Waals surface area contributed by atoms with Crippen molar-refractivity contribution in [2.24, 2.45) is 17.8 Å². The Kier molecular flexibility index (Phi) is 16.8. The Labute approximate surface area is 433 Å². The molecule has 2 nitrogen and oxygen atoms in total. The first-order valence-electron chi connectivity index (χ1n) is 25.7.